The van der Waals surface area contributed by atoms with Crippen LogP contribution < -0.4 is 5.32 Å². The maximum Gasteiger partial charge on any atom is 0.224 e. The molecule has 2 heterocycles. The van der Waals surface area contributed by atoms with Crippen LogP contribution in [0.15, 0.2) is 72.9 Å². The number of aryl methyl sites for hydroxylation is 1. The van der Waals surface area contributed by atoms with Crippen LogP contribution >= 0.6 is 0 Å². The van der Waals surface area contributed by atoms with Crippen molar-refractivity contribution in [3.05, 3.63) is 84.2 Å². The van der Waals surface area contributed by atoms with Crippen LogP contribution in [-0.2, 0) is 4.79 Å². The Morgan fingerprint density at radius 3 is 2.38 bits per heavy atom. The summed E-state index contributed by atoms with van der Waals surface area (Å²) in [4.78, 5) is 28.9. The number of carbonyl (C=O) groups is 2. The summed E-state index contributed by atoms with van der Waals surface area (Å²) >= 11 is 0. The number of amides is 1. The second kappa shape index (κ2) is 8.06. The van der Waals surface area contributed by atoms with Crippen molar-refractivity contribution in [3.8, 4) is 5.69 Å². The fourth-order valence-electron chi connectivity index (χ4n) is 3.18. The maximum absolute atomic E-state index is 12.3. The van der Waals surface area contributed by atoms with Crippen LogP contribution in [-0.4, -0.2) is 26.5 Å². The molecular formula is C23H20N4O2. The van der Waals surface area contributed by atoms with Gasteiger partial charge in [-0.1, -0.05) is 48.5 Å². The lowest BCUT2D eigenvalue weighted by Crippen LogP contribution is -2.13. The zero-order valence-corrected chi connectivity index (χ0v) is 16.0. The van der Waals surface area contributed by atoms with E-state index in [-0.39, 0.29) is 24.5 Å². The predicted octanol–water partition coefficient (Wildman–Crippen LogP) is 4.33. The van der Waals surface area contributed by atoms with Gasteiger partial charge in [-0.05, 0) is 25.1 Å². The van der Waals surface area contributed by atoms with Gasteiger partial charge in [0.15, 0.2) is 11.4 Å². The Kier molecular flexibility index (Phi) is 5.16. The number of carbonyl (C=O) groups excluding carboxylic acids is 2. The number of para-hydroxylation sites is 1. The van der Waals surface area contributed by atoms with E-state index in [4.69, 9.17) is 0 Å². The number of hydrogen-bond donors (Lipinski definition) is 1. The Hall–Kier alpha value is -3.80. The molecule has 0 aliphatic carbocycles. The number of benzene rings is 2. The van der Waals surface area contributed by atoms with E-state index in [1.54, 1.807) is 23.0 Å². The zero-order valence-electron chi connectivity index (χ0n) is 16.0. The molecule has 29 heavy (non-hydrogen) atoms. The molecule has 144 valence electrons. The third-order valence-electron chi connectivity index (χ3n) is 4.67. The van der Waals surface area contributed by atoms with Gasteiger partial charge in [0.2, 0.25) is 5.91 Å². The van der Waals surface area contributed by atoms with Gasteiger partial charge >= 0.3 is 0 Å². The Labute approximate surface area is 168 Å². The average molecular weight is 384 g/mol. The lowest BCUT2D eigenvalue weighted by Gasteiger charge is -2.06. The molecule has 4 aromatic rings. The highest BCUT2D eigenvalue weighted by molar-refractivity contribution is 6.00. The van der Waals surface area contributed by atoms with E-state index in [0.717, 1.165) is 22.4 Å². The molecule has 0 spiro atoms. The van der Waals surface area contributed by atoms with Gasteiger partial charge in [-0.15, -0.1) is 0 Å². The molecule has 6 nitrogen and oxygen atoms in total. The van der Waals surface area contributed by atoms with Gasteiger partial charge in [0.05, 0.1) is 23.3 Å². The number of pyridine rings is 1. The van der Waals surface area contributed by atoms with E-state index >= 15 is 0 Å². The van der Waals surface area contributed by atoms with E-state index < -0.39 is 0 Å². The normalized spacial score (nSPS) is 10.8. The molecule has 2 aromatic heterocycles. The van der Waals surface area contributed by atoms with Gasteiger partial charge < -0.3 is 5.32 Å². The minimum atomic E-state index is -0.219. The van der Waals surface area contributed by atoms with Crippen LogP contribution in [0.25, 0.3) is 16.7 Å². The summed E-state index contributed by atoms with van der Waals surface area (Å²) in [6.07, 6.45) is 1.89. The minimum Gasteiger partial charge on any atom is -0.325 e. The first-order valence-corrected chi connectivity index (χ1v) is 9.41. The number of fused-ring (bicyclic) bond motifs is 1. The number of hydrogen-bond acceptors (Lipinski definition) is 4. The Balaban J connectivity index is 1.47. The van der Waals surface area contributed by atoms with Crippen molar-refractivity contribution in [1.29, 1.82) is 0 Å². The first-order valence-electron chi connectivity index (χ1n) is 9.41. The van der Waals surface area contributed by atoms with Crippen molar-refractivity contribution < 1.29 is 9.59 Å². The molecule has 1 N–H and O–H groups in total. The van der Waals surface area contributed by atoms with Gasteiger partial charge in [-0.3, -0.25) is 9.59 Å². The number of anilines is 1. The topological polar surface area (TPSA) is 76.9 Å². The van der Waals surface area contributed by atoms with Crippen LogP contribution in [0.5, 0.6) is 0 Å². The summed E-state index contributed by atoms with van der Waals surface area (Å²) in [5, 5.41) is 8.26. The Morgan fingerprint density at radius 1 is 0.966 bits per heavy atom. The molecule has 6 heteroatoms. The van der Waals surface area contributed by atoms with Gasteiger partial charge in [0.25, 0.3) is 0 Å². The van der Waals surface area contributed by atoms with Gasteiger partial charge in [-0.2, -0.15) is 5.10 Å². The summed E-state index contributed by atoms with van der Waals surface area (Å²) in [7, 11) is 0. The maximum atomic E-state index is 12.3. The molecule has 0 aliphatic heterocycles. The second-order valence-corrected chi connectivity index (χ2v) is 6.77. The number of nitrogens with one attached hydrogen (secondary N) is 1. The third-order valence-corrected chi connectivity index (χ3v) is 4.67. The molecule has 0 unspecified atom stereocenters. The van der Waals surface area contributed by atoms with Crippen LogP contribution in [0.2, 0.25) is 0 Å². The predicted molar refractivity (Wildman–Crippen MR) is 112 cm³/mol. The summed E-state index contributed by atoms with van der Waals surface area (Å²) in [6, 6.07) is 20.6. The molecule has 0 aliphatic rings. The number of ketones is 1. The van der Waals surface area contributed by atoms with Crippen molar-refractivity contribution in [3.63, 3.8) is 0 Å². The third kappa shape index (κ3) is 4.06. The lowest BCUT2D eigenvalue weighted by molar-refractivity contribution is -0.116. The molecule has 2 aromatic carbocycles. The molecule has 0 saturated carbocycles. The lowest BCUT2D eigenvalue weighted by atomic mass is 10.1. The monoisotopic (exact) mass is 384 g/mol. The smallest absolute Gasteiger partial charge is 0.224 e. The van der Waals surface area contributed by atoms with Gasteiger partial charge in [-0.25, -0.2) is 9.67 Å². The molecule has 1 amide bonds. The largest absolute Gasteiger partial charge is 0.325 e. The van der Waals surface area contributed by atoms with Crippen LogP contribution in [0.3, 0.4) is 0 Å². The van der Waals surface area contributed by atoms with Crippen molar-refractivity contribution in [2.24, 2.45) is 0 Å². The van der Waals surface area contributed by atoms with Crippen molar-refractivity contribution in [2.45, 2.75) is 19.8 Å². The van der Waals surface area contributed by atoms with E-state index in [1.807, 2.05) is 61.5 Å². The first kappa shape index (κ1) is 18.6. The summed E-state index contributed by atoms with van der Waals surface area (Å²) in [5.41, 5.74) is 3.68. The van der Waals surface area contributed by atoms with Gasteiger partial charge in [0.1, 0.15) is 0 Å². The van der Waals surface area contributed by atoms with Crippen molar-refractivity contribution in [2.75, 3.05) is 5.32 Å². The van der Waals surface area contributed by atoms with Crippen LogP contribution in [0, 0.1) is 6.92 Å². The van der Waals surface area contributed by atoms with E-state index in [1.165, 1.54) is 0 Å². The fraction of sp³-hybridized carbons (Fsp3) is 0.130. The zero-order chi connectivity index (χ0) is 20.2. The molecule has 0 saturated heterocycles. The van der Waals surface area contributed by atoms with Crippen molar-refractivity contribution >= 4 is 28.4 Å². The first-order chi connectivity index (χ1) is 14.1. The average Bonchev–Trinajstić information content (AvgIpc) is 3.09. The standard InChI is InChI=1S/C23H20N4O2/c1-16-20-14-18(15-24-23(20)27(26-16)19-10-6-3-7-11-19)25-22(29)13-12-21(28)17-8-4-2-5-9-17/h2-11,14-15H,12-13H2,1H3,(H,25,29). The molecular weight excluding hydrogens is 364 g/mol. The summed E-state index contributed by atoms with van der Waals surface area (Å²) < 4.78 is 1.79. The van der Waals surface area contributed by atoms with Crippen LogP contribution in [0.1, 0.15) is 28.9 Å². The van der Waals surface area contributed by atoms with Crippen LogP contribution in [0.4, 0.5) is 5.69 Å². The number of nitrogens with zero attached hydrogens (tertiary/aromatic N) is 3. The number of Topliss-reactive ketones (excluding diaryl/α,β-unsaturated/α-hetero) is 1. The molecule has 0 bridgehead atoms. The molecule has 0 radical (unpaired) electrons. The highest BCUT2D eigenvalue weighted by Crippen LogP contribution is 2.23. The summed E-state index contributed by atoms with van der Waals surface area (Å²) in [5.74, 6) is -0.266. The van der Waals surface area contributed by atoms with E-state index in [2.05, 4.69) is 15.4 Å². The van der Waals surface area contributed by atoms with E-state index in [0.29, 0.717) is 11.3 Å². The van der Waals surface area contributed by atoms with E-state index in [9.17, 15) is 9.59 Å². The number of rotatable bonds is 6. The number of aromatic nitrogens is 3. The minimum absolute atomic E-state index is 0.0469. The highest BCUT2D eigenvalue weighted by Gasteiger charge is 2.13. The second-order valence-electron chi connectivity index (χ2n) is 6.77. The molecule has 4 rings (SSSR count). The fourth-order valence-corrected chi connectivity index (χ4v) is 3.18. The van der Waals surface area contributed by atoms with Gasteiger partial charge in [0, 0.05) is 23.8 Å². The Morgan fingerprint density at radius 2 is 1.66 bits per heavy atom. The van der Waals surface area contributed by atoms with Crippen molar-refractivity contribution in [1.82, 2.24) is 14.8 Å². The summed E-state index contributed by atoms with van der Waals surface area (Å²) in [6.45, 7) is 1.91. The Bertz CT molecular complexity index is 1170. The molecule has 0 fully saturated rings. The molecule has 0 atom stereocenters. The highest BCUT2D eigenvalue weighted by atomic mass is 16.2. The quantitative estimate of drug-likeness (QED) is 0.502. The SMILES string of the molecule is Cc1nn(-c2ccccc2)c2ncc(NC(=O)CCC(=O)c3ccccc3)cc12.